The third-order valence-electron chi connectivity index (χ3n) is 1.57. The number of thioether (sulfide) groups is 1. The molecule has 0 aromatic heterocycles. The first-order valence-electron chi connectivity index (χ1n) is 4.10. The van der Waals surface area contributed by atoms with Crippen molar-refractivity contribution in [1.29, 1.82) is 5.26 Å². The Morgan fingerprint density at radius 1 is 1.38 bits per heavy atom. The van der Waals surface area contributed by atoms with Crippen LogP contribution in [0.4, 0.5) is 0 Å². The molecule has 0 heterocycles. The van der Waals surface area contributed by atoms with Crippen LogP contribution in [-0.2, 0) is 5.75 Å². The predicted molar refractivity (Wildman–Crippen MR) is 56.2 cm³/mol. The first-order valence-corrected chi connectivity index (χ1v) is 5.25. The van der Waals surface area contributed by atoms with E-state index < -0.39 is 0 Å². The van der Waals surface area contributed by atoms with Crippen molar-refractivity contribution in [2.45, 2.75) is 11.8 Å². The van der Waals surface area contributed by atoms with Crippen molar-refractivity contribution in [3.05, 3.63) is 35.9 Å². The van der Waals surface area contributed by atoms with Gasteiger partial charge in [0.05, 0.1) is 6.07 Å². The zero-order chi connectivity index (χ0) is 9.52. The zero-order valence-corrected chi connectivity index (χ0v) is 8.13. The summed E-state index contributed by atoms with van der Waals surface area (Å²) in [7, 11) is 0. The Balaban J connectivity index is 2.25. The molecule has 1 aromatic rings. The van der Waals surface area contributed by atoms with Crippen LogP contribution in [0.3, 0.4) is 0 Å². The SMILES string of the molecule is N#C[C@@H](N)CSCc1ccccc1. The highest BCUT2D eigenvalue weighted by molar-refractivity contribution is 7.98. The Morgan fingerprint density at radius 3 is 2.69 bits per heavy atom. The second-order valence-electron chi connectivity index (χ2n) is 2.74. The summed E-state index contributed by atoms with van der Waals surface area (Å²) in [4.78, 5) is 0. The van der Waals surface area contributed by atoms with E-state index in [4.69, 9.17) is 11.0 Å². The lowest BCUT2D eigenvalue weighted by molar-refractivity contribution is 0.953. The fraction of sp³-hybridized carbons (Fsp3) is 0.300. The van der Waals surface area contributed by atoms with Gasteiger partial charge in [0.2, 0.25) is 0 Å². The van der Waals surface area contributed by atoms with Crippen molar-refractivity contribution >= 4 is 11.8 Å². The average Bonchev–Trinajstić information content (AvgIpc) is 2.19. The lowest BCUT2D eigenvalue weighted by Crippen LogP contribution is -2.19. The number of nitrogens with zero attached hydrogens (tertiary/aromatic N) is 1. The highest BCUT2D eigenvalue weighted by Crippen LogP contribution is 2.11. The maximum atomic E-state index is 8.44. The number of hydrogen-bond donors (Lipinski definition) is 1. The third-order valence-corrected chi connectivity index (χ3v) is 2.71. The fourth-order valence-electron chi connectivity index (χ4n) is 0.915. The van der Waals surface area contributed by atoms with E-state index in [9.17, 15) is 0 Å². The van der Waals surface area contributed by atoms with Crippen LogP contribution >= 0.6 is 11.8 Å². The molecule has 0 saturated heterocycles. The maximum Gasteiger partial charge on any atom is 0.102 e. The van der Waals surface area contributed by atoms with E-state index in [0.717, 1.165) is 5.75 Å². The van der Waals surface area contributed by atoms with Crippen LogP contribution in [0.15, 0.2) is 30.3 Å². The molecule has 0 amide bonds. The molecule has 0 spiro atoms. The topological polar surface area (TPSA) is 49.8 Å². The summed E-state index contributed by atoms with van der Waals surface area (Å²) in [6.07, 6.45) is 0. The second kappa shape index (κ2) is 5.63. The van der Waals surface area contributed by atoms with E-state index in [1.165, 1.54) is 5.56 Å². The van der Waals surface area contributed by atoms with Crippen molar-refractivity contribution in [3.63, 3.8) is 0 Å². The molecule has 0 aliphatic carbocycles. The van der Waals surface area contributed by atoms with E-state index in [1.54, 1.807) is 11.8 Å². The summed E-state index contributed by atoms with van der Waals surface area (Å²) in [6.45, 7) is 0. The molecule has 0 fully saturated rings. The van der Waals surface area contributed by atoms with Crippen LogP contribution in [0.2, 0.25) is 0 Å². The van der Waals surface area contributed by atoms with E-state index in [1.807, 2.05) is 24.3 Å². The smallest absolute Gasteiger partial charge is 0.102 e. The molecular weight excluding hydrogens is 180 g/mol. The van der Waals surface area contributed by atoms with Gasteiger partial charge < -0.3 is 5.73 Å². The summed E-state index contributed by atoms with van der Waals surface area (Å²) in [6, 6.07) is 11.8. The Morgan fingerprint density at radius 2 is 2.08 bits per heavy atom. The molecule has 0 unspecified atom stereocenters. The standard InChI is InChI=1S/C10H12N2S/c11-6-10(12)8-13-7-9-4-2-1-3-5-9/h1-5,10H,7-8,12H2/t10-/m1/s1. The summed E-state index contributed by atoms with van der Waals surface area (Å²) < 4.78 is 0. The molecule has 2 N–H and O–H groups in total. The predicted octanol–water partition coefficient (Wildman–Crippen LogP) is 1.77. The minimum absolute atomic E-state index is 0.339. The average molecular weight is 192 g/mol. The Hall–Kier alpha value is -0.980. The van der Waals surface area contributed by atoms with Crippen LogP contribution in [0.5, 0.6) is 0 Å². The van der Waals surface area contributed by atoms with Gasteiger partial charge in [0, 0.05) is 11.5 Å². The number of benzene rings is 1. The van der Waals surface area contributed by atoms with Crippen LogP contribution in [0.25, 0.3) is 0 Å². The molecule has 2 nitrogen and oxygen atoms in total. The zero-order valence-electron chi connectivity index (χ0n) is 7.31. The van der Waals surface area contributed by atoms with Gasteiger partial charge in [-0.25, -0.2) is 0 Å². The Bertz CT molecular complexity index is 279. The highest BCUT2D eigenvalue weighted by Gasteiger charge is 1.99. The number of nitrogens with two attached hydrogens (primary N) is 1. The van der Waals surface area contributed by atoms with Gasteiger partial charge in [-0.15, -0.1) is 0 Å². The van der Waals surface area contributed by atoms with Gasteiger partial charge in [-0.3, -0.25) is 0 Å². The first kappa shape index (κ1) is 10.1. The molecule has 0 bridgehead atoms. The molecule has 1 rings (SSSR count). The van der Waals surface area contributed by atoms with Gasteiger partial charge >= 0.3 is 0 Å². The number of rotatable bonds is 4. The fourth-order valence-corrected chi connectivity index (χ4v) is 1.79. The maximum absolute atomic E-state index is 8.44. The summed E-state index contributed by atoms with van der Waals surface area (Å²) >= 11 is 1.69. The van der Waals surface area contributed by atoms with Crippen molar-refractivity contribution < 1.29 is 0 Å². The molecular formula is C10H12N2S. The molecule has 0 aliphatic rings. The van der Waals surface area contributed by atoms with Gasteiger partial charge in [0.15, 0.2) is 0 Å². The molecule has 0 radical (unpaired) electrons. The molecule has 0 saturated carbocycles. The second-order valence-corrected chi connectivity index (χ2v) is 3.77. The lowest BCUT2D eigenvalue weighted by Gasteiger charge is -2.02. The molecule has 1 atom stereocenters. The normalized spacial score (nSPS) is 12.0. The van der Waals surface area contributed by atoms with Gasteiger partial charge in [0.25, 0.3) is 0 Å². The molecule has 3 heteroatoms. The Labute approximate surface area is 82.7 Å². The lowest BCUT2D eigenvalue weighted by atomic mass is 10.2. The van der Waals surface area contributed by atoms with Crippen molar-refractivity contribution in [2.24, 2.45) is 5.73 Å². The summed E-state index contributed by atoms with van der Waals surface area (Å²) in [5.41, 5.74) is 6.73. The molecule has 13 heavy (non-hydrogen) atoms. The largest absolute Gasteiger partial charge is 0.315 e. The first-order chi connectivity index (χ1) is 6.33. The third kappa shape index (κ3) is 3.97. The molecule has 68 valence electrons. The monoisotopic (exact) mass is 192 g/mol. The number of nitriles is 1. The van der Waals surface area contributed by atoms with E-state index in [-0.39, 0.29) is 6.04 Å². The number of hydrogen-bond acceptors (Lipinski definition) is 3. The van der Waals surface area contributed by atoms with Gasteiger partial charge in [-0.05, 0) is 5.56 Å². The minimum atomic E-state index is -0.339. The van der Waals surface area contributed by atoms with E-state index in [0.29, 0.717) is 5.75 Å². The van der Waals surface area contributed by atoms with E-state index in [2.05, 4.69) is 12.1 Å². The van der Waals surface area contributed by atoms with Crippen LogP contribution in [0, 0.1) is 11.3 Å². The van der Waals surface area contributed by atoms with Crippen molar-refractivity contribution in [3.8, 4) is 6.07 Å². The van der Waals surface area contributed by atoms with Crippen molar-refractivity contribution in [2.75, 3.05) is 5.75 Å². The van der Waals surface area contributed by atoms with Gasteiger partial charge in [-0.2, -0.15) is 17.0 Å². The highest BCUT2D eigenvalue weighted by atomic mass is 32.2. The van der Waals surface area contributed by atoms with Crippen LogP contribution < -0.4 is 5.73 Å². The molecule has 0 aliphatic heterocycles. The van der Waals surface area contributed by atoms with Gasteiger partial charge in [-0.1, -0.05) is 30.3 Å². The minimum Gasteiger partial charge on any atom is -0.315 e. The van der Waals surface area contributed by atoms with Gasteiger partial charge in [0.1, 0.15) is 6.04 Å². The van der Waals surface area contributed by atoms with Crippen molar-refractivity contribution in [1.82, 2.24) is 0 Å². The van der Waals surface area contributed by atoms with Crippen LogP contribution in [0.1, 0.15) is 5.56 Å². The van der Waals surface area contributed by atoms with Crippen LogP contribution in [-0.4, -0.2) is 11.8 Å². The summed E-state index contributed by atoms with van der Waals surface area (Å²) in [5, 5.41) is 8.44. The Kier molecular flexibility index (Phi) is 4.37. The van der Waals surface area contributed by atoms with E-state index >= 15 is 0 Å². The quantitative estimate of drug-likeness (QED) is 0.791. The molecule has 1 aromatic carbocycles. The summed E-state index contributed by atoms with van der Waals surface area (Å²) in [5.74, 6) is 1.63.